The highest BCUT2D eigenvalue weighted by Crippen LogP contribution is 2.14. The molecule has 0 fully saturated rings. The van der Waals surface area contributed by atoms with Crippen molar-refractivity contribution >= 4 is 28.5 Å². The van der Waals surface area contributed by atoms with E-state index in [-0.39, 0.29) is 5.38 Å². The lowest BCUT2D eigenvalue weighted by Crippen LogP contribution is -2.29. The van der Waals surface area contributed by atoms with Crippen LogP contribution in [0.4, 0.5) is 5.95 Å². The van der Waals surface area contributed by atoms with Crippen LogP contribution in [0.3, 0.4) is 0 Å². The van der Waals surface area contributed by atoms with Gasteiger partial charge in [-0.1, -0.05) is 18.2 Å². The third kappa shape index (κ3) is 3.09. The van der Waals surface area contributed by atoms with Crippen molar-refractivity contribution in [3.63, 3.8) is 0 Å². The maximum absolute atomic E-state index is 6.12. The number of hydrogen-bond acceptors (Lipinski definition) is 4. The van der Waals surface area contributed by atoms with Crippen LogP contribution in [0.5, 0.6) is 0 Å². The van der Waals surface area contributed by atoms with Gasteiger partial charge in [-0.3, -0.25) is 0 Å². The third-order valence-corrected chi connectivity index (χ3v) is 2.90. The van der Waals surface area contributed by atoms with Gasteiger partial charge in [-0.2, -0.15) is 0 Å². The summed E-state index contributed by atoms with van der Waals surface area (Å²) in [6, 6.07) is 7.91. The molecule has 0 radical (unpaired) electrons. The molecule has 1 atom stereocenters. The number of hydrogen-bond donors (Lipinski definition) is 0. The first-order valence-corrected chi connectivity index (χ1v) is 6.20. The van der Waals surface area contributed by atoms with Crippen LogP contribution in [0.15, 0.2) is 30.5 Å². The van der Waals surface area contributed by atoms with Crippen LogP contribution >= 0.6 is 11.6 Å². The van der Waals surface area contributed by atoms with E-state index in [1.165, 1.54) is 0 Å². The van der Waals surface area contributed by atoms with Crippen LogP contribution in [0.1, 0.15) is 0 Å². The number of benzene rings is 1. The van der Waals surface area contributed by atoms with Crippen molar-refractivity contribution in [2.45, 2.75) is 5.38 Å². The molecule has 0 amide bonds. The summed E-state index contributed by atoms with van der Waals surface area (Å²) in [7, 11) is 3.57. The minimum absolute atomic E-state index is 0.0740. The lowest BCUT2D eigenvalue weighted by Gasteiger charge is -2.19. The first kappa shape index (κ1) is 13.1. The monoisotopic (exact) mass is 265 g/mol. The number of rotatable bonds is 5. The number of alkyl halides is 1. The van der Waals surface area contributed by atoms with Gasteiger partial charge in [0.2, 0.25) is 5.95 Å². The quantitative estimate of drug-likeness (QED) is 0.778. The first-order valence-electron chi connectivity index (χ1n) is 5.76. The predicted molar refractivity (Wildman–Crippen MR) is 74.3 cm³/mol. The number of aromatic nitrogens is 2. The van der Waals surface area contributed by atoms with E-state index in [1.54, 1.807) is 7.11 Å². The average Bonchev–Trinajstić information content (AvgIpc) is 2.38. The van der Waals surface area contributed by atoms with Gasteiger partial charge in [-0.05, 0) is 6.07 Å². The molecule has 1 unspecified atom stereocenters. The lowest BCUT2D eigenvalue weighted by atomic mass is 10.2. The Kier molecular flexibility index (Phi) is 4.33. The van der Waals surface area contributed by atoms with Gasteiger partial charge in [0.1, 0.15) is 0 Å². The maximum atomic E-state index is 6.12. The van der Waals surface area contributed by atoms with Crippen molar-refractivity contribution in [2.24, 2.45) is 0 Å². The fourth-order valence-corrected chi connectivity index (χ4v) is 2.09. The minimum atomic E-state index is -0.0740. The zero-order valence-corrected chi connectivity index (χ0v) is 11.3. The van der Waals surface area contributed by atoms with Crippen molar-refractivity contribution in [1.82, 2.24) is 9.97 Å². The van der Waals surface area contributed by atoms with Crippen molar-refractivity contribution in [2.75, 3.05) is 32.2 Å². The van der Waals surface area contributed by atoms with E-state index < -0.39 is 0 Å². The molecule has 0 aliphatic heterocycles. The normalized spacial score (nSPS) is 12.6. The molecule has 0 bridgehead atoms. The summed E-state index contributed by atoms with van der Waals surface area (Å²) in [5.41, 5.74) is 0.937. The summed E-state index contributed by atoms with van der Waals surface area (Å²) in [5.74, 6) is 0.676. The zero-order chi connectivity index (χ0) is 13.0. The van der Waals surface area contributed by atoms with Gasteiger partial charge in [0.05, 0.1) is 17.5 Å². The van der Waals surface area contributed by atoms with E-state index in [2.05, 4.69) is 9.97 Å². The second-order valence-corrected chi connectivity index (χ2v) is 4.78. The zero-order valence-electron chi connectivity index (χ0n) is 10.5. The minimum Gasteiger partial charge on any atom is -0.383 e. The highest BCUT2D eigenvalue weighted by atomic mass is 35.5. The summed E-state index contributed by atoms with van der Waals surface area (Å²) in [6.07, 6.45) is 1.83. The number of ether oxygens (including phenoxy) is 1. The fourth-order valence-electron chi connectivity index (χ4n) is 1.76. The summed E-state index contributed by atoms with van der Waals surface area (Å²) >= 11 is 6.12. The molecular weight excluding hydrogens is 250 g/mol. The van der Waals surface area contributed by atoms with Crippen LogP contribution in [-0.4, -0.2) is 42.7 Å². The van der Waals surface area contributed by atoms with Gasteiger partial charge < -0.3 is 9.64 Å². The van der Waals surface area contributed by atoms with Crippen LogP contribution in [0, 0.1) is 0 Å². The van der Waals surface area contributed by atoms with Gasteiger partial charge in [0.15, 0.2) is 0 Å². The Bertz CT molecular complexity index is 520. The number of nitrogens with zero attached hydrogens (tertiary/aromatic N) is 3. The van der Waals surface area contributed by atoms with Crippen LogP contribution in [0.2, 0.25) is 0 Å². The van der Waals surface area contributed by atoms with Gasteiger partial charge in [-0.15, -0.1) is 11.6 Å². The van der Waals surface area contributed by atoms with E-state index in [9.17, 15) is 0 Å². The molecule has 2 aromatic rings. The van der Waals surface area contributed by atoms with Crippen molar-refractivity contribution in [1.29, 1.82) is 0 Å². The van der Waals surface area contributed by atoms with Gasteiger partial charge in [0.25, 0.3) is 0 Å². The summed E-state index contributed by atoms with van der Waals surface area (Å²) in [5, 5.41) is 0.962. The Labute approximate surface area is 112 Å². The number of fused-ring (bicyclic) bond motifs is 1. The van der Waals surface area contributed by atoms with E-state index in [0.717, 1.165) is 10.9 Å². The van der Waals surface area contributed by atoms with E-state index in [1.807, 2.05) is 42.4 Å². The molecule has 4 nitrogen and oxygen atoms in total. The topological polar surface area (TPSA) is 38.2 Å². The maximum Gasteiger partial charge on any atom is 0.225 e. The molecule has 0 aliphatic carbocycles. The second kappa shape index (κ2) is 5.98. The number of methoxy groups -OCH3 is 1. The highest BCUT2D eigenvalue weighted by molar-refractivity contribution is 6.21. The van der Waals surface area contributed by atoms with Crippen molar-refractivity contribution in [3.05, 3.63) is 30.5 Å². The number of anilines is 1. The van der Waals surface area contributed by atoms with Gasteiger partial charge >= 0.3 is 0 Å². The fraction of sp³-hybridized carbons (Fsp3) is 0.385. The molecule has 5 heteroatoms. The SMILES string of the molecule is COCC(Cl)CN(C)c1ncc2ccccc2n1. The van der Waals surface area contributed by atoms with Gasteiger partial charge in [0, 0.05) is 32.3 Å². The molecule has 1 aromatic heterocycles. The van der Waals surface area contributed by atoms with Crippen molar-refractivity contribution < 1.29 is 4.74 Å². The molecule has 1 aromatic carbocycles. The molecule has 1 heterocycles. The Balaban J connectivity index is 2.15. The van der Waals surface area contributed by atoms with Crippen molar-refractivity contribution in [3.8, 4) is 0 Å². The van der Waals surface area contributed by atoms with E-state index in [4.69, 9.17) is 16.3 Å². The highest BCUT2D eigenvalue weighted by Gasteiger charge is 2.11. The smallest absolute Gasteiger partial charge is 0.225 e. The first-order chi connectivity index (χ1) is 8.70. The molecular formula is C13H16ClN3O. The number of para-hydroxylation sites is 1. The Morgan fingerprint density at radius 2 is 2.17 bits per heavy atom. The molecule has 0 saturated carbocycles. The van der Waals surface area contributed by atoms with E-state index in [0.29, 0.717) is 19.1 Å². The molecule has 18 heavy (non-hydrogen) atoms. The molecule has 0 N–H and O–H groups in total. The lowest BCUT2D eigenvalue weighted by molar-refractivity contribution is 0.199. The Hall–Kier alpha value is -1.39. The Morgan fingerprint density at radius 3 is 2.94 bits per heavy atom. The molecule has 0 aliphatic rings. The third-order valence-electron chi connectivity index (χ3n) is 2.64. The van der Waals surface area contributed by atoms with E-state index >= 15 is 0 Å². The largest absolute Gasteiger partial charge is 0.383 e. The summed E-state index contributed by atoms with van der Waals surface area (Å²) in [6.45, 7) is 1.16. The second-order valence-electron chi connectivity index (χ2n) is 4.16. The molecule has 0 spiro atoms. The standard InChI is InChI=1S/C13H16ClN3O/c1-17(8-11(14)9-18-2)13-15-7-10-5-3-4-6-12(10)16-13/h3-7,11H,8-9H2,1-2H3. The number of halogens is 1. The molecule has 2 rings (SSSR count). The summed E-state index contributed by atoms with van der Waals surface area (Å²) < 4.78 is 5.01. The predicted octanol–water partition coefficient (Wildman–Crippen LogP) is 2.32. The molecule has 0 saturated heterocycles. The average molecular weight is 266 g/mol. The van der Waals surface area contributed by atoms with Crippen LogP contribution in [0.25, 0.3) is 10.9 Å². The molecule has 96 valence electrons. The van der Waals surface area contributed by atoms with Gasteiger partial charge in [-0.25, -0.2) is 9.97 Å². The Morgan fingerprint density at radius 1 is 1.39 bits per heavy atom. The summed E-state index contributed by atoms with van der Waals surface area (Å²) in [4.78, 5) is 10.8. The van der Waals surface area contributed by atoms with Crippen LogP contribution in [-0.2, 0) is 4.74 Å². The van der Waals surface area contributed by atoms with Crippen LogP contribution < -0.4 is 4.90 Å².